The van der Waals surface area contributed by atoms with Crippen LogP contribution in [0.25, 0.3) is 0 Å². The number of carbonyl (C=O) groups is 1. The summed E-state index contributed by atoms with van der Waals surface area (Å²) < 4.78 is 4.68. The summed E-state index contributed by atoms with van der Waals surface area (Å²) in [5.74, 6) is 0.608. The van der Waals surface area contributed by atoms with Crippen molar-refractivity contribution in [2.45, 2.75) is 12.5 Å². The molecule has 1 amide bonds. The van der Waals surface area contributed by atoms with Crippen LogP contribution in [0, 0.1) is 13.0 Å². The highest BCUT2D eigenvalue weighted by Gasteiger charge is 2.39. The zero-order chi connectivity index (χ0) is 9.42. The number of hydrogen-bond donors (Lipinski definition) is 0. The lowest BCUT2D eigenvalue weighted by Gasteiger charge is -2.26. The second-order valence-electron chi connectivity index (χ2n) is 3.80. The molecule has 2 fully saturated rings. The van der Waals surface area contributed by atoms with Gasteiger partial charge in [-0.1, -0.05) is 0 Å². The Kier molecular flexibility index (Phi) is 2.15. The molecule has 2 rings (SSSR count). The van der Waals surface area contributed by atoms with E-state index in [1.165, 1.54) is 7.11 Å². The van der Waals surface area contributed by atoms with Crippen molar-refractivity contribution in [3.63, 3.8) is 0 Å². The third-order valence-corrected chi connectivity index (χ3v) is 3.10. The molecule has 2 aliphatic heterocycles. The normalized spacial score (nSPS) is 33.5. The van der Waals surface area contributed by atoms with E-state index in [-0.39, 0.29) is 6.09 Å². The fourth-order valence-corrected chi connectivity index (χ4v) is 2.33. The number of likely N-dealkylation sites (tertiary alicyclic amines) is 2. The Morgan fingerprint density at radius 3 is 2.92 bits per heavy atom. The smallest absolute Gasteiger partial charge is 0.409 e. The number of rotatable bonds is 0. The minimum Gasteiger partial charge on any atom is -0.455 e. The first-order chi connectivity index (χ1) is 6.22. The Balaban J connectivity index is 1.98. The van der Waals surface area contributed by atoms with E-state index in [4.69, 9.17) is 0 Å². The number of methoxy groups -OCH3 is 1. The Bertz CT molecular complexity index is 220. The Labute approximate surface area is 78.4 Å². The summed E-state index contributed by atoms with van der Waals surface area (Å²) >= 11 is 0. The first kappa shape index (κ1) is 8.81. The maximum absolute atomic E-state index is 11.2. The average molecular weight is 183 g/mol. The molecule has 0 bridgehead atoms. The fraction of sp³-hybridized carbons (Fsp3) is 0.778. The van der Waals surface area contributed by atoms with Crippen LogP contribution in [0.5, 0.6) is 0 Å². The summed E-state index contributed by atoms with van der Waals surface area (Å²) in [6.45, 7) is 2.68. The van der Waals surface area contributed by atoms with Crippen molar-refractivity contribution in [2.75, 3.05) is 26.7 Å². The van der Waals surface area contributed by atoms with Crippen LogP contribution in [0.2, 0.25) is 0 Å². The monoisotopic (exact) mass is 183 g/mol. The second-order valence-corrected chi connectivity index (χ2v) is 3.80. The predicted octanol–water partition coefficient (Wildman–Crippen LogP) is 0.550. The van der Waals surface area contributed by atoms with Crippen molar-refractivity contribution in [1.29, 1.82) is 0 Å². The van der Waals surface area contributed by atoms with Crippen molar-refractivity contribution in [2.24, 2.45) is 5.92 Å². The van der Waals surface area contributed by atoms with Crippen LogP contribution < -0.4 is 0 Å². The SMILES string of the molecule is [CH2-]N1CCC2CN(C(=O)OC)CC21. The van der Waals surface area contributed by atoms with Crippen LogP contribution in [0.1, 0.15) is 6.42 Å². The van der Waals surface area contributed by atoms with Gasteiger partial charge in [0.2, 0.25) is 0 Å². The van der Waals surface area contributed by atoms with Crippen molar-refractivity contribution in [3.05, 3.63) is 7.05 Å². The van der Waals surface area contributed by atoms with Crippen molar-refractivity contribution in [3.8, 4) is 0 Å². The van der Waals surface area contributed by atoms with Gasteiger partial charge in [0.05, 0.1) is 7.11 Å². The predicted molar refractivity (Wildman–Crippen MR) is 47.9 cm³/mol. The van der Waals surface area contributed by atoms with Gasteiger partial charge >= 0.3 is 6.09 Å². The highest BCUT2D eigenvalue weighted by Crippen LogP contribution is 2.30. The zero-order valence-corrected chi connectivity index (χ0v) is 7.90. The van der Waals surface area contributed by atoms with E-state index in [0.717, 1.165) is 26.1 Å². The standard InChI is InChI=1S/C9H15N2O2/c1-10-4-3-7-5-11(6-8(7)10)9(12)13-2/h7-8H,1,3-6H2,2H3/q-1. The maximum atomic E-state index is 11.2. The lowest BCUT2D eigenvalue weighted by Crippen LogP contribution is -2.34. The highest BCUT2D eigenvalue weighted by atomic mass is 16.5. The van der Waals surface area contributed by atoms with E-state index in [9.17, 15) is 4.79 Å². The Morgan fingerprint density at radius 1 is 1.54 bits per heavy atom. The van der Waals surface area contributed by atoms with E-state index in [2.05, 4.69) is 16.7 Å². The van der Waals surface area contributed by atoms with Crippen molar-refractivity contribution >= 4 is 6.09 Å². The van der Waals surface area contributed by atoms with Crippen LogP contribution in [0.3, 0.4) is 0 Å². The first-order valence-electron chi connectivity index (χ1n) is 4.62. The first-order valence-corrected chi connectivity index (χ1v) is 4.62. The molecular weight excluding hydrogens is 168 g/mol. The zero-order valence-electron chi connectivity index (χ0n) is 7.90. The number of carbonyl (C=O) groups excluding carboxylic acids is 1. The quantitative estimate of drug-likeness (QED) is 0.514. The molecule has 0 aromatic heterocycles. The van der Waals surface area contributed by atoms with Crippen LogP contribution in [-0.2, 0) is 4.74 Å². The molecule has 2 aliphatic rings. The largest absolute Gasteiger partial charge is 0.455 e. The van der Waals surface area contributed by atoms with Crippen LogP contribution >= 0.6 is 0 Å². The molecule has 0 saturated carbocycles. The summed E-state index contributed by atoms with van der Waals surface area (Å²) in [7, 11) is 5.38. The molecule has 4 heteroatoms. The van der Waals surface area contributed by atoms with E-state index < -0.39 is 0 Å². The third-order valence-electron chi connectivity index (χ3n) is 3.10. The van der Waals surface area contributed by atoms with E-state index in [1.807, 2.05) is 0 Å². The van der Waals surface area contributed by atoms with Gasteiger partial charge in [0.1, 0.15) is 0 Å². The number of nitrogens with zero attached hydrogens (tertiary/aromatic N) is 2. The van der Waals surface area contributed by atoms with Crippen LogP contribution in [0.4, 0.5) is 4.79 Å². The molecule has 0 radical (unpaired) electrons. The van der Waals surface area contributed by atoms with Gasteiger partial charge in [-0.3, -0.25) is 7.05 Å². The highest BCUT2D eigenvalue weighted by molar-refractivity contribution is 5.68. The minimum absolute atomic E-state index is 0.206. The Hall–Kier alpha value is -0.770. The summed E-state index contributed by atoms with van der Waals surface area (Å²) in [5, 5.41) is 0. The van der Waals surface area contributed by atoms with Gasteiger partial charge in [0, 0.05) is 19.1 Å². The number of amides is 1. The lowest BCUT2D eigenvalue weighted by molar-refractivity contribution is 0.128. The number of hydrogen-bond acceptors (Lipinski definition) is 3. The molecule has 2 saturated heterocycles. The van der Waals surface area contributed by atoms with Crippen LogP contribution in [0.15, 0.2) is 0 Å². The molecule has 0 spiro atoms. The average Bonchev–Trinajstić information content (AvgIpc) is 2.67. The molecule has 0 aromatic rings. The van der Waals surface area contributed by atoms with Gasteiger partial charge in [-0.05, 0) is 18.9 Å². The molecule has 2 atom stereocenters. The van der Waals surface area contributed by atoms with Gasteiger partial charge in [0.25, 0.3) is 0 Å². The van der Waals surface area contributed by atoms with Gasteiger partial charge < -0.3 is 14.5 Å². The third kappa shape index (κ3) is 1.39. The van der Waals surface area contributed by atoms with Gasteiger partial charge in [-0.15, -0.1) is 0 Å². The fourth-order valence-electron chi connectivity index (χ4n) is 2.33. The van der Waals surface area contributed by atoms with Gasteiger partial charge in [-0.25, -0.2) is 4.79 Å². The van der Waals surface area contributed by atoms with E-state index in [1.54, 1.807) is 4.90 Å². The van der Waals surface area contributed by atoms with E-state index >= 15 is 0 Å². The van der Waals surface area contributed by atoms with Gasteiger partial charge in [0.15, 0.2) is 0 Å². The summed E-state index contributed by atoms with van der Waals surface area (Å²) in [5.41, 5.74) is 0. The minimum atomic E-state index is -0.206. The van der Waals surface area contributed by atoms with Crippen LogP contribution in [-0.4, -0.2) is 48.7 Å². The second kappa shape index (κ2) is 3.18. The van der Waals surface area contributed by atoms with Crippen molar-refractivity contribution < 1.29 is 9.53 Å². The molecule has 0 N–H and O–H groups in total. The van der Waals surface area contributed by atoms with Gasteiger partial charge in [-0.2, -0.15) is 0 Å². The maximum Gasteiger partial charge on any atom is 0.409 e. The summed E-state index contributed by atoms with van der Waals surface area (Å²) in [6, 6.07) is 0.457. The molecular formula is C9H15N2O2-. The molecule has 0 aromatic carbocycles. The van der Waals surface area contributed by atoms with Crippen molar-refractivity contribution in [1.82, 2.24) is 9.80 Å². The molecule has 74 valence electrons. The summed E-state index contributed by atoms with van der Waals surface area (Å²) in [4.78, 5) is 15.1. The summed E-state index contributed by atoms with van der Waals surface area (Å²) in [6.07, 6.45) is 0.949. The molecule has 0 aliphatic carbocycles. The lowest BCUT2D eigenvalue weighted by atomic mass is 10.1. The number of fused-ring (bicyclic) bond motifs is 1. The molecule has 13 heavy (non-hydrogen) atoms. The molecule has 2 heterocycles. The topological polar surface area (TPSA) is 32.8 Å². The number of ether oxygens (including phenoxy) is 1. The molecule has 2 unspecified atom stereocenters. The Morgan fingerprint density at radius 2 is 2.31 bits per heavy atom. The van der Waals surface area contributed by atoms with E-state index in [0.29, 0.717) is 12.0 Å². The molecule has 4 nitrogen and oxygen atoms in total.